The number of amides is 2. The van der Waals surface area contributed by atoms with Crippen molar-refractivity contribution in [3.8, 4) is 0 Å². The Kier molecular flexibility index (Phi) is 4.93. The third-order valence-electron chi connectivity index (χ3n) is 4.61. The van der Waals surface area contributed by atoms with E-state index >= 15 is 0 Å². The highest BCUT2D eigenvalue weighted by atomic mass is 19.4. The maximum absolute atomic E-state index is 12.4. The fourth-order valence-corrected chi connectivity index (χ4v) is 3.32. The van der Waals surface area contributed by atoms with E-state index in [4.69, 9.17) is 0 Å². The lowest BCUT2D eigenvalue weighted by Gasteiger charge is -2.17. The average Bonchev–Trinajstić information content (AvgIpc) is 2.95. The third-order valence-corrected chi connectivity index (χ3v) is 4.61. The highest BCUT2D eigenvalue weighted by Crippen LogP contribution is 2.32. The first-order valence-corrected chi connectivity index (χ1v) is 8.48. The van der Waals surface area contributed by atoms with Crippen molar-refractivity contribution in [1.82, 2.24) is 15.6 Å². The summed E-state index contributed by atoms with van der Waals surface area (Å²) in [5.41, 5.74) is 3.44. The summed E-state index contributed by atoms with van der Waals surface area (Å²) in [6.07, 6.45) is -1.53. The van der Waals surface area contributed by atoms with Crippen molar-refractivity contribution in [2.24, 2.45) is 5.92 Å². The van der Waals surface area contributed by atoms with Crippen LogP contribution in [0.1, 0.15) is 35.0 Å². The molecule has 1 aromatic heterocycles. The molecular formula is C18H20F3N3O2. The summed E-state index contributed by atoms with van der Waals surface area (Å²) in [6, 6.07) is 5.36. The molecule has 1 heterocycles. The molecule has 1 aromatic carbocycles. The Balaban J connectivity index is 1.72. The number of aryl methyl sites for hydroxylation is 1. The molecule has 8 heteroatoms. The highest BCUT2D eigenvalue weighted by Gasteiger charge is 2.28. The lowest BCUT2D eigenvalue weighted by atomic mass is 9.87. The Bertz CT molecular complexity index is 842. The van der Waals surface area contributed by atoms with Gasteiger partial charge in [0, 0.05) is 11.1 Å². The average molecular weight is 367 g/mol. The lowest BCUT2D eigenvalue weighted by molar-refractivity contribution is -0.137. The zero-order valence-corrected chi connectivity index (χ0v) is 14.3. The first kappa shape index (κ1) is 18.3. The molecule has 2 amide bonds. The fourth-order valence-electron chi connectivity index (χ4n) is 3.32. The number of carbonyl (C=O) groups is 2. The van der Waals surface area contributed by atoms with Crippen LogP contribution in [-0.4, -0.2) is 36.1 Å². The number of alkyl halides is 3. The van der Waals surface area contributed by atoms with Crippen LogP contribution in [-0.2, 0) is 17.6 Å². The molecule has 1 unspecified atom stereocenters. The van der Waals surface area contributed by atoms with Gasteiger partial charge in [-0.15, -0.1) is 0 Å². The molecule has 0 bridgehead atoms. The number of fused-ring (bicyclic) bond motifs is 3. The molecule has 0 aliphatic heterocycles. The third kappa shape index (κ3) is 4.00. The first-order valence-electron chi connectivity index (χ1n) is 8.48. The normalized spacial score (nSPS) is 17.0. The van der Waals surface area contributed by atoms with Gasteiger partial charge >= 0.3 is 6.18 Å². The number of hydrogen-bond acceptors (Lipinski definition) is 2. The summed E-state index contributed by atoms with van der Waals surface area (Å²) in [7, 11) is 0. The minimum atomic E-state index is -4.48. The van der Waals surface area contributed by atoms with Gasteiger partial charge in [0.05, 0.1) is 17.6 Å². The Morgan fingerprint density at radius 1 is 1.27 bits per heavy atom. The van der Waals surface area contributed by atoms with E-state index in [2.05, 4.69) is 17.2 Å². The van der Waals surface area contributed by atoms with E-state index in [9.17, 15) is 22.8 Å². The minimum absolute atomic E-state index is 0.383. The second kappa shape index (κ2) is 7.01. The van der Waals surface area contributed by atoms with E-state index in [0.29, 0.717) is 17.0 Å². The van der Waals surface area contributed by atoms with Crippen LogP contribution < -0.4 is 10.6 Å². The van der Waals surface area contributed by atoms with Crippen LogP contribution in [0.15, 0.2) is 18.2 Å². The monoisotopic (exact) mass is 367 g/mol. The van der Waals surface area contributed by atoms with Gasteiger partial charge in [-0.25, -0.2) is 0 Å². The second-order valence-electron chi connectivity index (χ2n) is 6.73. The summed E-state index contributed by atoms with van der Waals surface area (Å²) in [5, 5.41) is 5.09. The van der Waals surface area contributed by atoms with Crippen LogP contribution in [0.3, 0.4) is 0 Å². The number of rotatable bonds is 4. The lowest BCUT2D eigenvalue weighted by Crippen LogP contribution is -2.40. The molecule has 5 nitrogen and oxygen atoms in total. The largest absolute Gasteiger partial charge is 0.405 e. The van der Waals surface area contributed by atoms with Crippen molar-refractivity contribution in [3.05, 3.63) is 35.0 Å². The number of benzene rings is 1. The summed E-state index contributed by atoms with van der Waals surface area (Å²) in [5.74, 6) is -0.803. The Morgan fingerprint density at radius 3 is 2.77 bits per heavy atom. The highest BCUT2D eigenvalue weighted by molar-refractivity contribution is 6.07. The maximum Gasteiger partial charge on any atom is 0.405 e. The number of halogens is 3. The van der Waals surface area contributed by atoms with Crippen LogP contribution in [0.25, 0.3) is 10.9 Å². The number of aromatic nitrogens is 1. The van der Waals surface area contributed by atoms with Gasteiger partial charge in [-0.1, -0.05) is 19.1 Å². The van der Waals surface area contributed by atoms with Gasteiger partial charge in [-0.2, -0.15) is 13.2 Å². The second-order valence-corrected chi connectivity index (χ2v) is 6.73. The number of nitrogens with one attached hydrogen (secondary N) is 3. The zero-order chi connectivity index (χ0) is 18.9. The van der Waals surface area contributed by atoms with Gasteiger partial charge in [-0.3, -0.25) is 9.59 Å². The van der Waals surface area contributed by atoms with Crippen molar-refractivity contribution < 1.29 is 22.8 Å². The molecule has 140 valence electrons. The molecule has 0 saturated carbocycles. The smallest absolute Gasteiger partial charge is 0.358 e. The van der Waals surface area contributed by atoms with Crippen LogP contribution in [0.2, 0.25) is 0 Å². The first-order chi connectivity index (χ1) is 12.2. The van der Waals surface area contributed by atoms with Gasteiger partial charge in [0.25, 0.3) is 5.91 Å². The molecule has 26 heavy (non-hydrogen) atoms. The number of H-pyrrole nitrogens is 1. The van der Waals surface area contributed by atoms with Crippen molar-refractivity contribution in [2.45, 2.75) is 32.4 Å². The molecule has 2 aromatic rings. The molecule has 0 radical (unpaired) electrons. The number of aromatic amines is 1. The van der Waals surface area contributed by atoms with E-state index < -0.39 is 31.1 Å². The molecule has 3 rings (SSSR count). The van der Waals surface area contributed by atoms with Crippen molar-refractivity contribution >= 4 is 22.7 Å². The Morgan fingerprint density at radius 2 is 2.04 bits per heavy atom. The predicted molar refractivity (Wildman–Crippen MR) is 90.9 cm³/mol. The summed E-state index contributed by atoms with van der Waals surface area (Å²) in [4.78, 5) is 27.2. The predicted octanol–water partition coefficient (Wildman–Crippen LogP) is 2.70. The molecule has 0 spiro atoms. The van der Waals surface area contributed by atoms with E-state index in [0.717, 1.165) is 30.3 Å². The van der Waals surface area contributed by atoms with Gasteiger partial charge in [0.15, 0.2) is 0 Å². The van der Waals surface area contributed by atoms with Gasteiger partial charge in [-0.05, 0) is 36.8 Å². The Labute approximate surface area is 148 Å². The molecule has 1 aliphatic carbocycles. The number of carbonyl (C=O) groups excluding carboxylic acids is 2. The van der Waals surface area contributed by atoms with Crippen molar-refractivity contribution in [1.29, 1.82) is 0 Å². The SMILES string of the molecule is CC1CCc2[nH]c3c(C(=O)NCC(=O)NCC(F)(F)F)cccc3c2C1. The van der Waals surface area contributed by atoms with Crippen LogP contribution in [0, 0.1) is 5.92 Å². The van der Waals surface area contributed by atoms with Gasteiger partial charge in [0.1, 0.15) is 6.54 Å². The topological polar surface area (TPSA) is 74.0 Å². The van der Waals surface area contributed by atoms with Gasteiger partial charge in [0.2, 0.25) is 5.91 Å². The van der Waals surface area contributed by atoms with E-state index in [1.165, 1.54) is 5.56 Å². The molecule has 0 fully saturated rings. The van der Waals surface area contributed by atoms with Crippen LogP contribution in [0.5, 0.6) is 0 Å². The number of para-hydroxylation sites is 1. The molecule has 1 aliphatic rings. The maximum atomic E-state index is 12.4. The van der Waals surface area contributed by atoms with E-state index in [-0.39, 0.29) is 0 Å². The Hall–Kier alpha value is -2.51. The number of hydrogen-bond donors (Lipinski definition) is 3. The molecule has 3 N–H and O–H groups in total. The van der Waals surface area contributed by atoms with Gasteiger partial charge < -0.3 is 15.6 Å². The van der Waals surface area contributed by atoms with Crippen molar-refractivity contribution in [3.63, 3.8) is 0 Å². The minimum Gasteiger partial charge on any atom is -0.358 e. The van der Waals surface area contributed by atoms with Crippen LogP contribution >= 0.6 is 0 Å². The van der Waals surface area contributed by atoms with E-state index in [1.807, 2.05) is 6.07 Å². The van der Waals surface area contributed by atoms with Crippen LogP contribution in [0.4, 0.5) is 13.2 Å². The zero-order valence-electron chi connectivity index (χ0n) is 14.3. The van der Waals surface area contributed by atoms with E-state index in [1.54, 1.807) is 17.4 Å². The summed E-state index contributed by atoms with van der Waals surface area (Å²) < 4.78 is 36.3. The standard InChI is InChI=1S/C18H20F3N3O2/c1-10-5-6-14-13(7-10)11-3-2-4-12(16(11)24-14)17(26)22-8-15(25)23-9-18(19,20)21/h2-4,10,24H,5-9H2,1H3,(H,22,26)(H,23,25). The molecular weight excluding hydrogens is 347 g/mol. The quantitative estimate of drug-likeness (QED) is 0.777. The molecule has 1 atom stereocenters. The summed E-state index contributed by atoms with van der Waals surface area (Å²) in [6.45, 7) is 0.263. The van der Waals surface area contributed by atoms with Crippen molar-refractivity contribution in [2.75, 3.05) is 13.1 Å². The molecule has 0 saturated heterocycles. The summed E-state index contributed by atoms with van der Waals surface area (Å²) >= 11 is 0. The fraction of sp³-hybridized carbons (Fsp3) is 0.444.